The molecule has 0 heterocycles. The molecule has 0 aliphatic heterocycles. The van der Waals surface area contributed by atoms with E-state index in [1.807, 2.05) is 6.92 Å². The Labute approximate surface area is 131 Å². The maximum atomic E-state index is 12.2. The molecule has 0 aliphatic rings. The van der Waals surface area contributed by atoms with Gasteiger partial charge in [0.1, 0.15) is 0 Å². The van der Waals surface area contributed by atoms with Crippen LogP contribution in [0.2, 0.25) is 0 Å². The molecule has 126 valence electrons. The molecule has 0 saturated heterocycles. The second-order valence-electron chi connectivity index (χ2n) is 6.46. The zero-order valence-electron chi connectivity index (χ0n) is 14.8. The molecule has 0 aromatic rings. The number of hydrogen-bond acceptors (Lipinski definition) is 3. The van der Waals surface area contributed by atoms with Crippen LogP contribution in [-0.2, 0) is 9.53 Å². The summed E-state index contributed by atoms with van der Waals surface area (Å²) in [6.45, 7) is 10.1. The largest absolute Gasteiger partial charge is 0.433 e. The van der Waals surface area contributed by atoms with Crippen LogP contribution in [0.15, 0.2) is 0 Å². The van der Waals surface area contributed by atoms with Crippen molar-refractivity contribution in [3.8, 4) is 0 Å². The third-order valence-electron chi connectivity index (χ3n) is 4.26. The average molecular weight is 300 g/mol. The highest BCUT2D eigenvalue weighted by Crippen LogP contribution is 2.27. The molecule has 0 bridgehead atoms. The minimum absolute atomic E-state index is 0.0767. The first-order chi connectivity index (χ1) is 9.90. The van der Waals surface area contributed by atoms with Crippen molar-refractivity contribution in [3.05, 3.63) is 0 Å². The van der Waals surface area contributed by atoms with Crippen LogP contribution < -0.4 is 0 Å². The van der Waals surface area contributed by atoms with E-state index in [4.69, 9.17) is 4.74 Å². The van der Waals surface area contributed by atoms with Gasteiger partial charge in [-0.1, -0.05) is 66.2 Å². The topological polar surface area (TPSA) is 46.5 Å². The number of unbranched alkanes of at least 4 members (excludes halogenated alkanes) is 2. The Bertz CT molecular complexity index is 274. The third-order valence-corrected chi connectivity index (χ3v) is 4.26. The Balaban J connectivity index is 4.44. The third kappa shape index (κ3) is 9.13. The number of rotatable bonds is 12. The number of carbonyl (C=O) groups is 1. The quantitative estimate of drug-likeness (QED) is 0.405. The second-order valence-corrected chi connectivity index (χ2v) is 6.46. The SMILES string of the molecule is CCCCC(CC)CC(C)(O)OC(=O)C(CC)CCCC. The fourth-order valence-electron chi connectivity index (χ4n) is 2.76. The molecule has 1 N–H and O–H groups in total. The van der Waals surface area contributed by atoms with Crippen LogP contribution in [0.4, 0.5) is 0 Å². The van der Waals surface area contributed by atoms with E-state index in [1.165, 1.54) is 0 Å². The van der Waals surface area contributed by atoms with Crippen molar-refractivity contribution in [2.24, 2.45) is 11.8 Å². The van der Waals surface area contributed by atoms with Crippen LogP contribution in [0, 0.1) is 11.8 Å². The molecule has 3 nitrogen and oxygen atoms in total. The van der Waals surface area contributed by atoms with Crippen LogP contribution in [-0.4, -0.2) is 16.9 Å². The predicted octanol–water partition coefficient (Wildman–Crippen LogP) is 5.06. The van der Waals surface area contributed by atoms with E-state index in [0.717, 1.165) is 51.4 Å². The van der Waals surface area contributed by atoms with Crippen LogP contribution in [0.25, 0.3) is 0 Å². The van der Waals surface area contributed by atoms with Crippen molar-refractivity contribution >= 4 is 5.97 Å². The van der Waals surface area contributed by atoms with Crippen LogP contribution in [0.5, 0.6) is 0 Å². The van der Waals surface area contributed by atoms with E-state index in [9.17, 15) is 9.90 Å². The van der Waals surface area contributed by atoms with E-state index in [0.29, 0.717) is 12.3 Å². The Morgan fingerprint density at radius 1 is 1.05 bits per heavy atom. The van der Waals surface area contributed by atoms with Crippen molar-refractivity contribution in [2.75, 3.05) is 0 Å². The molecule has 0 aromatic carbocycles. The first-order valence-corrected chi connectivity index (χ1v) is 8.85. The zero-order valence-corrected chi connectivity index (χ0v) is 14.8. The summed E-state index contributed by atoms with van der Waals surface area (Å²) in [7, 11) is 0. The molecule has 3 unspecified atom stereocenters. The molecule has 0 aliphatic carbocycles. The summed E-state index contributed by atoms with van der Waals surface area (Å²) in [5, 5.41) is 10.4. The highest BCUT2D eigenvalue weighted by atomic mass is 16.7. The van der Waals surface area contributed by atoms with Crippen molar-refractivity contribution in [3.63, 3.8) is 0 Å². The number of carbonyl (C=O) groups excluding carboxylic acids is 1. The number of esters is 1. The Morgan fingerprint density at radius 2 is 1.62 bits per heavy atom. The van der Waals surface area contributed by atoms with Crippen LogP contribution in [0.3, 0.4) is 0 Å². The highest BCUT2D eigenvalue weighted by molar-refractivity contribution is 5.72. The molecule has 21 heavy (non-hydrogen) atoms. The molecule has 3 atom stereocenters. The van der Waals surface area contributed by atoms with Crippen molar-refractivity contribution < 1.29 is 14.6 Å². The lowest BCUT2D eigenvalue weighted by Crippen LogP contribution is -2.36. The lowest BCUT2D eigenvalue weighted by molar-refractivity contribution is -0.212. The van der Waals surface area contributed by atoms with Crippen molar-refractivity contribution in [1.29, 1.82) is 0 Å². The summed E-state index contributed by atoms with van der Waals surface area (Å²) in [6, 6.07) is 0. The van der Waals surface area contributed by atoms with E-state index < -0.39 is 5.79 Å². The lowest BCUT2D eigenvalue weighted by Gasteiger charge is -2.29. The summed E-state index contributed by atoms with van der Waals surface area (Å²) in [5.74, 6) is -1.22. The number of hydrogen-bond donors (Lipinski definition) is 1. The zero-order chi connectivity index (χ0) is 16.3. The molecule has 0 rings (SSSR count). The fourth-order valence-corrected chi connectivity index (χ4v) is 2.76. The summed E-state index contributed by atoms with van der Waals surface area (Å²) in [6.07, 6.45) is 8.72. The molecule has 0 radical (unpaired) electrons. The second kappa shape index (κ2) is 11.1. The van der Waals surface area contributed by atoms with Crippen LogP contribution >= 0.6 is 0 Å². The van der Waals surface area contributed by atoms with Gasteiger partial charge >= 0.3 is 5.97 Å². The molecule has 0 saturated carbocycles. The van der Waals surface area contributed by atoms with Gasteiger partial charge in [-0.25, -0.2) is 0 Å². The van der Waals surface area contributed by atoms with Gasteiger partial charge in [-0.3, -0.25) is 4.79 Å². The first kappa shape index (κ1) is 20.4. The molecular weight excluding hydrogens is 264 g/mol. The monoisotopic (exact) mass is 300 g/mol. The molecule has 0 amide bonds. The first-order valence-electron chi connectivity index (χ1n) is 8.85. The average Bonchev–Trinajstić information content (AvgIpc) is 2.43. The van der Waals surface area contributed by atoms with Crippen molar-refractivity contribution in [2.45, 2.75) is 98.2 Å². The standard InChI is InChI=1S/C18H36O3/c1-6-10-12-15(8-3)14-18(5,20)21-17(19)16(9-4)13-11-7-2/h15-16,20H,6-14H2,1-5H3. The maximum absolute atomic E-state index is 12.2. The number of ether oxygens (including phenoxy) is 1. The van der Waals surface area contributed by atoms with Gasteiger partial charge in [-0.05, 0) is 18.8 Å². The molecular formula is C18H36O3. The predicted molar refractivity (Wildman–Crippen MR) is 87.9 cm³/mol. The highest BCUT2D eigenvalue weighted by Gasteiger charge is 2.31. The molecule has 0 spiro atoms. The minimum atomic E-state index is -1.33. The van der Waals surface area contributed by atoms with E-state index in [-0.39, 0.29) is 11.9 Å². The van der Waals surface area contributed by atoms with Gasteiger partial charge in [0, 0.05) is 13.3 Å². The van der Waals surface area contributed by atoms with Gasteiger partial charge in [-0.15, -0.1) is 0 Å². The smallest absolute Gasteiger partial charge is 0.311 e. The summed E-state index contributed by atoms with van der Waals surface area (Å²) in [5.41, 5.74) is 0. The van der Waals surface area contributed by atoms with Gasteiger partial charge in [0.15, 0.2) is 0 Å². The van der Waals surface area contributed by atoms with Gasteiger partial charge in [-0.2, -0.15) is 0 Å². The Kier molecular flexibility index (Phi) is 10.8. The van der Waals surface area contributed by atoms with Gasteiger partial charge in [0.25, 0.3) is 0 Å². The van der Waals surface area contributed by atoms with Gasteiger partial charge in [0.2, 0.25) is 5.79 Å². The molecule has 0 aromatic heterocycles. The minimum Gasteiger partial charge on any atom is -0.433 e. The van der Waals surface area contributed by atoms with E-state index in [2.05, 4.69) is 20.8 Å². The Hall–Kier alpha value is -0.570. The lowest BCUT2D eigenvalue weighted by atomic mass is 9.92. The normalized spacial score (nSPS) is 17.0. The van der Waals surface area contributed by atoms with E-state index in [1.54, 1.807) is 6.92 Å². The Morgan fingerprint density at radius 3 is 2.10 bits per heavy atom. The molecule has 0 fully saturated rings. The van der Waals surface area contributed by atoms with Crippen LogP contribution in [0.1, 0.15) is 92.4 Å². The van der Waals surface area contributed by atoms with Gasteiger partial charge < -0.3 is 9.84 Å². The summed E-state index contributed by atoms with van der Waals surface area (Å²) < 4.78 is 5.42. The molecule has 3 heteroatoms. The number of aliphatic hydroxyl groups is 1. The van der Waals surface area contributed by atoms with E-state index >= 15 is 0 Å². The maximum Gasteiger partial charge on any atom is 0.311 e. The summed E-state index contributed by atoms with van der Waals surface area (Å²) >= 11 is 0. The van der Waals surface area contributed by atoms with Gasteiger partial charge in [0.05, 0.1) is 5.92 Å². The van der Waals surface area contributed by atoms with Crippen molar-refractivity contribution in [1.82, 2.24) is 0 Å². The summed E-state index contributed by atoms with van der Waals surface area (Å²) in [4.78, 5) is 12.2. The fraction of sp³-hybridized carbons (Fsp3) is 0.944.